The molecule has 302 valence electrons. The molecule has 12 aromatic rings. The normalized spacial score (nSPS) is 11.8. The Kier molecular flexibility index (Phi) is 9.17. The van der Waals surface area contributed by atoms with Gasteiger partial charge in [0.2, 0.25) is 0 Å². The molecule has 0 aliphatic heterocycles. The highest BCUT2D eigenvalue weighted by atomic mass is 28.3. The Bertz CT molecular complexity index is 3500. The first kappa shape index (κ1) is 37.6. The predicted molar refractivity (Wildman–Crippen MR) is 272 cm³/mol. The van der Waals surface area contributed by atoms with Gasteiger partial charge in [-0.15, -0.1) is 0 Å². The number of para-hydroxylation sites is 3. The van der Waals surface area contributed by atoms with Crippen molar-refractivity contribution in [3.05, 3.63) is 255 Å². The van der Waals surface area contributed by atoms with Gasteiger partial charge in [-0.05, 0) is 98.6 Å². The summed E-state index contributed by atoms with van der Waals surface area (Å²) in [4.78, 5) is 2.48. The summed E-state index contributed by atoms with van der Waals surface area (Å²) in [5, 5.41) is 10.0. The SMILES string of the molecule is c1ccc(-n2c3ccccc3c3c(N(c4ccc(-c5cccc6oc7ccccc7c56)cc4)c4cccc([Si](c5ccccc5)(c5ccccc5)c5ccccc5)c4)cccc32)cc1. The Morgan fingerprint density at radius 3 is 1.58 bits per heavy atom. The monoisotopic (exact) mass is 834 g/mol. The number of aromatic nitrogens is 1. The van der Waals surface area contributed by atoms with Gasteiger partial charge in [-0.2, -0.15) is 0 Å². The average Bonchev–Trinajstić information content (AvgIpc) is 3.93. The number of anilines is 3. The van der Waals surface area contributed by atoms with Crippen LogP contribution in [0, 0.1) is 0 Å². The first-order valence-electron chi connectivity index (χ1n) is 21.9. The number of hydrogen-bond acceptors (Lipinski definition) is 2. The quantitative estimate of drug-likeness (QED) is 0.107. The van der Waals surface area contributed by atoms with E-state index in [9.17, 15) is 0 Å². The predicted octanol–water partition coefficient (Wildman–Crippen LogP) is 13.2. The molecule has 2 heterocycles. The van der Waals surface area contributed by atoms with Crippen LogP contribution < -0.4 is 25.6 Å². The summed E-state index contributed by atoms with van der Waals surface area (Å²) in [6.45, 7) is 0. The number of rotatable bonds is 9. The van der Waals surface area contributed by atoms with E-state index < -0.39 is 8.07 Å². The van der Waals surface area contributed by atoms with Crippen molar-refractivity contribution in [2.75, 3.05) is 4.90 Å². The Morgan fingerprint density at radius 2 is 0.891 bits per heavy atom. The maximum atomic E-state index is 6.33. The Hall–Kier alpha value is -8.18. The van der Waals surface area contributed by atoms with Gasteiger partial charge in [0.05, 0.1) is 16.7 Å². The third-order valence-corrected chi connectivity index (χ3v) is 17.7. The number of hydrogen-bond donors (Lipinski definition) is 0. The van der Waals surface area contributed by atoms with Crippen molar-refractivity contribution in [2.45, 2.75) is 0 Å². The van der Waals surface area contributed by atoms with Crippen molar-refractivity contribution in [3.63, 3.8) is 0 Å². The van der Waals surface area contributed by atoms with Crippen molar-refractivity contribution >= 4 is 89.6 Å². The summed E-state index contributed by atoms with van der Waals surface area (Å²) in [6.07, 6.45) is 0. The second-order valence-corrected chi connectivity index (χ2v) is 20.2. The maximum Gasteiger partial charge on any atom is 0.179 e. The molecule has 10 aromatic carbocycles. The number of benzene rings is 10. The molecule has 0 bridgehead atoms. The summed E-state index contributed by atoms with van der Waals surface area (Å²) in [6, 6.07) is 93.0. The second kappa shape index (κ2) is 15.6. The average molecular weight is 835 g/mol. The van der Waals surface area contributed by atoms with E-state index in [0.29, 0.717) is 0 Å². The molecule has 12 rings (SSSR count). The van der Waals surface area contributed by atoms with Gasteiger partial charge in [-0.25, -0.2) is 0 Å². The van der Waals surface area contributed by atoms with E-state index in [1.165, 1.54) is 37.0 Å². The summed E-state index contributed by atoms with van der Waals surface area (Å²) in [5.74, 6) is 0. The fourth-order valence-corrected chi connectivity index (χ4v) is 15.0. The van der Waals surface area contributed by atoms with Gasteiger partial charge < -0.3 is 13.9 Å². The molecule has 0 N–H and O–H groups in total. The zero-order valence-corrected chi connectivity index (χ0v) is 36.1. The lowest BCUT2D eigenvalue weighted by Crippen LogP contribution is -2.74. The first-order chi connectivity index (χ1) is 31.8. The van der Waals surface area contributed by atoms with Crippen LogP contribution in [-0.2, 0) is 0 Å². The van der Waals surface area contributed by atoms with E-state index in [4.69, 9.17) is 4.42 Å². The van der Waals surface area contributed by atoms with Crippen molar-refractivity contribution in [3.8, 4) is 16.8 Å². The summed E-state index contributed by atoms with van der Waals surface area (Å²) in [7, 11) is -2.85. The molecule has 0 atom stereocenters. The highest BCUT2D eigenvalue weighted by Crippen LogP contribution is 2.45. The summed E-state index contributed by atoms with van der Waals surface area (Å²) >= 11 is 0. The fraction of sp³-hybridized carbons (Fsp3) is 0. The zero-order valence-electron chi connectivity index (χ0n) is 35.1. The second-order valence-electron chi connectivity index (χ2n) is 16.4. The third kappa shape index (κ3) is 6.03. The van der Waals surface area contributed by atoms with Gasteiger partial charge in [0.1, 0.15) is 11.2 Å². The standard InChI is InChI=1S/C60H42N2OSi/c1-5-20-44(21-6-1)62-54-33-15-13-30-52(54)60-55(34-19-35-56(60)62)61(45-40-38-43(39-41-45)51-32-18-37-58-59(51)53-31-14-16-36-57(53)63-58)46-22-17-29-50(42-46)64(47-23-7-2-8-24-47,48-25-9-3-10-26-48)49-27-11-4-12-28-49/h1-42H. The minimum atomic E-state index is -2.85. The summed E-state index contributed by atoms with van der Waals surface area (Å²) < 4.78 is 8.73. The van der Waals surface area contributed by atoms with Crippen LogP contribution in [0.5, 0.6) is 0 Å². The van der Waals surface area contributed by atoms with Gasteiger partial charge in [-0.1, -0.05) is 188 Å². The molecule has 3 nitrogen and oxygen atoms in total. The van der Waals surface area contributed by atoms with Gasteiger partial charge in [0, 0.05) is 38.6 Å². The van der Waals surface area contributed by atoms with Gasteiger partial charge in [0.15, 0.2) is 8.07 Å². The van der Waals surface area contributed by atoms with Crippen molar-refractivity contribution in [1.82, 2.24) is 4.57 Å². The Balaban J connectivity index is 1.12. The van der Waals surface area contributed by atoms with E-state index >= 15 is 0 Å². The topological polar surface area (TPSA) is 21.3 Å². The maximum absolute atomic E-state index is 6.33. The number of furan rings is 1. The first-order valence-corrected chi connectivity index (χ1v) is 23.9. The molecular formula is C60H42N2OSi. The molecule has 64 heavy (non-hydrogen) atoms. The van der Waals surface area contributed by atoms with Crippen LogP contribution in [0.25, 0.3) is 60.6 Å². The minimum absolute atomic E-state index is 0.894. The molecule has 0 radical (unpaired) electrons. The Morgan fingerprint density at radius 1 is 0.359 bits per heavy atom. The lowest BCUT2D eigenvalue weighted by molar-refractivity contribution is 0.669. The van der Waals surface area contributed by atoms with Crippen molar-refractivity contribution in [1.29, 1.82) is 0 Å². The zero-order chi connectivity index (χ0) is 42.5. The van der Waals surface area contributed by atoms with Gasteiger partial charge in [0.25, 0.3) is 0 Å². The number of nitrogens with zero attached hydrogens (tertiary/aromatic N) is 2. The van der Waals surface area contributed by atoms with Crippen LogP contribution in [0.2, 0.25) is 0 Å². The van der Waals surface area contributed by atoms with Crippen LogP contribution in [0.4, 0.5) is 17.1 Å². The Labute approximate surface area is 373 Å². The van der Waals surface area contributed by atoms with Crippen LogP contribution in [-0.4, -0.2) is 12.6 Å². The molecule has 0 unspecified atom stereocenters. The van der Waals surface area contributed by atoms with E-state index in [1.54, 1.807) is 0 Å². The van der Waals surface area contributed by atoms with E-state index in [2.05, 4.69) is 258 Å². The highest BCUT2D eigenvalue weighted by Gasteiger charge is 2.41. The molecule has 0 aliphatic carbocycles. The van der Waals surface area contributed by atoms with Crippen LogP contribution in [0.3, 0.4) is 0 Å². The molecular weight excluding hydrogens is 793 g/mol. The van der Waals surface area contributed by atoms with Crippen molar-refractivity contribution in [2.24, 2.45) is 0 Å². The smallest absolute Gasteiger partial charge is 0.179 e. The van der Waals surface area contributed by atoms with Crippen molar-refractivity contribution < 1.29 is 4.42 Å². The fourth-order valence-electron chi connectivity index (χ4n) is 10.2. The molecule has 0 spiro atoms. The van der Waals surface area contributed by atoms with E-state index in [-0.39, 0.29) is 0 Å². The lowest BCUT2D eigenvalue weighted by Gasteiger charge is -2.35. The molecule has 4 heteroatoms. The van der Waals surface area contributed by atoms with Gasteiger partial charge >= 0.3 is 0 Å². The largest absolute Gasteiger partial charge is 0.456 e. The molecule has 0 fully saturated rings. The molecule has 0 amide bonds. The van der Waals surface area contributed by atoms with E-state index in [1.807, 2.05) is 6.07 Å². The molecule has 2 aromatic heterocycles. The summed E-state index contributed by atoms with van der Waals surface area (Å²) in [5.41, 5.74) is 10.8. The number of fused-ring (bicyclic) bond motifs is 6. The van der Waals surface area contributed by atoms with E-state index in [0.717, 1.165) is 61.3 Å². The minimum Gasteiger partial charge on any atom is -0.456 e. The van der Waals surface area contributed by atoms with Crippen LogP contribution in [0.1, 0.15) is 0 Å². The lowest BCUT2D eigenvalue weighted by atomic mass is 9.99. The highest BCUT2D eigenvalue weighted by molar-refractivity contribution is 7.19. The van der Waals surface area contributed by atoms with Crippen LogP contribution >= 0.6 is 0 Å². The van der Waals surface area contributed by atoms with Crippen LogP contribution in [0.15, 0.2) is 259 Å². The molecule has 0 saturated heterocycles. The molecule has 0 saturated carbocycles. The molecule has 0 aliphatic rings. The third-order valence-electron chi connectivity index (χ3n) is 12.9. The van der Waals surface area contributed by atoms with Gasteiger partial charge in [-0.3, -0.25) is 0 Å².